The third kappa shape index (κ3) is 3.13. The summed E-state index contributed by atoms with van der Waals surface area (Å²) in [7, 11) is -3.52. The second-order valence-corrected chi connectivity index (χ2v) is 6.10. The third-order valence-corrected chi connectivity index (χ3v) is 4.65. The number of hydrogen-bond donors (Lipinski definition) is 1. The van der Waals surface area contributed by atoms with Crippen molar-refractivity contribution in [3.05, 3.63) is 17.6 Å². The molecule has 1 aromatic rings. The van der Waals surface area contributed by atoms with Crippen molar-refractivity contribution in [2.24, 2.45) is 0 Å². The van der Waals surface area contributed by atoms with Gasteiger partial charge in [0.1, 0.15) is 23.0 Å². The van der Waals surface area contributed by atoms with Crippen LogP contribution in [0.25, 0.3) is 0 Å². The number of aliphatic hydroxyl groups is 1. The average Bonchev–Trinajstić information content (AvgIpc) is 2.71. The second kappa shape index (κ2) is 6.36. The molecule has 0 amide bonds. The maximum Gasteiger partial charge on any atom is 0.246 e. The molecular weight excluding hydrogens is 254 g/mol. The van der Waals surface area contributed by atoms with Crippen LogP contribution < -0.4 is 0 Å². The molecule has 1 heterocycles. The topological polar surface area (TPSA) is 70.8 Å². The van der Waals surface area contributed by atoms with E-state index < -0.39 is 10.0 Å². The third-order valence-electron chi connectivity index (χ3n) is 2.64. The molecule has 18 heavy (non-hydrogen) atoms. The van der Waals surface area contributed by atoms with Gasteiger partial charge in [0.15, 0.2) is 0 Å². The minimum absolute atomic E-state index is 0.161. The van der Waals surface area contributed by atoms with Crippen LogP contribution in [0.15, 0.2) is 15.4 Å². The molecule has 0 saturated heterocycles. The zero-order valence-corrected chi connectivity index (χ0v) is 12.0. The van der Waals surface area contributed by atoms with Gasteiger partial charge in [0.25, 0.3) is 0 Å². The Kier molecular flexibility index (Phi) is 5.37. The summed E-state index contributed by atoms with van der Waals surface area (Å²) in [5, 5.41) is 8.98. The van der Waals surface area contributed by atoms with Crippen LogP contribution in [-0.2, 0) is 16.6 Å². The van der Waals surface area contributed by atoms with E-state index in [-0.39, 0.29) is 17.3 Å². The first kappa shape index (κ1) is 15.2. The lowest BCUT2D eigenvalue weighted by atomic mass is 10.4. The molecule has 0 bridgehead atoms. The first-order valence-corrected chi connectivity index (χ1v) is 7.61. The van der Waals surface area contributed by atoms with Gasteiger partial charge in [-0.15, -0.1) is 0 Å². The van der Waals surface area contributed by atoms with E-state index in [1.54, 1.807) is 6.92 Å². The zero-order chi connectivity index (χ0) is 13.8. The molecule has 0 aliphatic heterocycles. The number of sulfonamides is 1. The van der Waals surface area contributed by atoms with E-state index in [0.717, 1.165) is 12.8 Å². The van der Waals surface area contributed by atoms with E-state index in [4.69, 9.17) is 9.52 Å². The van der Waals surface area contributed by atoms with Gasteiger partial charge < -0.3 is 9.52 Å². The van der Waals surface area contributed by atoms with Crippen LogP contribution in [0.2, 0.25) is 0 Å². The molecule has 0 radical (unpaired) electrons. The van der Waals surface area contributed by atoms with Gasteiger partial charge in [0.2, 0.25) is 10.0 Å². The lowest BCUT2D eigenvalue weighted by molar-refractivity contribution is 0.244. The Hall–Kier alpha value is -0.850. The normalized spacial score (nSPS) is 12.3. The number of hydrogen-bond acceptors (Lipinski definition) is 4. The smallest absolute Gasteiger partial charge is 0.246 e. The van der Waals surface area contributed by atoms with Gasteiger partial charge in [-0.1, -0.05) is 13.8 Å². The highest BCUT2D eigenvalue weighted by Crippen LogP contribution is 2.24. The Labute approximate surface area is 108 Å². The van der Waals surface area contributed by atoms with Crippen molar-refractivity contribution < 1.29 is 17.9 Å². The molecule has 6 heteroatoms. The highest BCUT2D eigenvalue weighted by molar-refractivity contribution is 7.89. The molecule has 0 aliphatic carbocycles. The van der Waals surface area contributed by atoms with Gasteiger partial charge in [-0.05, 0) is 19.8 Å². The van der Waals surface area contributed by atoms with Crippen molar-refractivity contribution in [2.45, 2.75) is 45.1 Å². The van der Waals surface area contributed by atoms with Crippen molar-refractivity contribution >= 4 is 10.0 Å². The fraction of sp³-hybridized carbons (Fsp3) is 0.667. The van der Waals surface area contributed by atoms with Crippen molar-refractivity contribution in [1.82, 2.24) is 4.31 Å². The van der Waals surface area contributed by atoms with Crippen molar-refractivity contribution in [3.63, 3.8) is 0 Å². The molecule has 104 valence electrons. The molecule has 0 unspecified atom stereocenters. The Morgan fingerprint density at radius 3 is 2.22 bits per heavy atom. The lowest BCUT2D eigenvalue weighted by Crippen LogP contribution is -2.32. The van der Waals surface area contributed by atoms with E-state index in [1.807, 2.05) is 13.8 Å². The summed E-state index contributed by atoms with van der Waals surface area (Å²) < 4.78 is 31.6. The van der Waals surface area contributed by atoms with Crippen LogP contribution in [0.3, 0.4) is 0 Å². The summed E-state index contributed by atoms with van der Waals surface area (Å²) in [6.45, 7) is 6.18. The van der Waals surface area contributed by atoms with Crippen LogP contribution in [0.5, 0.6) is 0 Å². The first-order chi connectivity index (χ1) is 8.47. The molecule has 0 saturated carbocycles. The fourth-order valence-corrected chi connectivity index (χ4v) is 3.66. The number of aryl methyl sites for hydroxylation is 1. The van der Waals surface area contributed by atoms with Gasteiger partial charge >= 0.3 is 0 Å². The van der Waals surface area contributed by atoms with Gasteiger partial charge in [0, 0.05) is 19.2 Å². The SMILES string of the molecule is CCCN(CCC)S(=O)(=O)c1cc(CO)oc1C. The van der Waals surface area contributed by atoms with Crippen LogP contribution in [0.4, 0.5) is 0 Å². The standard InChI is InChI=1S/C12H21NO4S/c1-4-6-13(7-5-2)18(15,16)12-8-11(9-14)17-10(12)3/h8,14H,4-7,9H2,1-3H3. The minimum Gasteiger partial charge on any atom is -0.462 e. The maximum atomic E-state index is 12.4. The summed E-state index contributed by atoms with van der Waals surface area (Å²) >= 11 is 0. The Bertz CT molecular complexity index is 472. The fourth-order valence-electron chi connectivity index (χ4n) is 1.85. The number of aliphatic hydroxyl groups excluding tert-OH is 1. The van der Waals surface area contributed by atoms with Crippen LogP contribution in [-0.4, -0.2) is 30.9 Å². The number of furan rings is 1. The van der Waals surface area contributed by atoms with E-state index >= 15 is 0 Å². The summed E-state index contributed by atoms with van der Waals surface area (Å²) in [6.07, 6.45) is 1.53. The van der Waals surface area contributed by atoms with Crippen molar-refractivity contribution in [3.8, 4) is 0 Å². The number of rotatable bonds is 7. The van der Waals surface area contributed by atoms with Crippen LogP contribution >= 0.6 is 0 Å². The molecular formula is C12H21NO4S. The van der Waals surface area contributed by atoms with Crippen LogP contribution in [0.1, 0.15) is 38.2 Å². The van der Waals surface area contributed by atoms with E-state index in [1.165, 1.54) is 10.4 Å². The Morgan fingerprint density at radius 1 is 1.28 bits per heavy atom. The lowest BCUT2D eigenvalue weighted by Gasteiger charge is -2.20. The summed E-state index contributed by atoms with van der Waals surface area (Å²) in [5.74, 6) is 0.607. The minimum atomic E-state index is -3.52. The molecule has 0 fully saturated rings. The molecule has 0 spiro atoms. The number of nitrogens with zero attached hydrogens (tertiary/aromatic N) is 1. The van der Waals surface area contributed by atoms with Crippen LogP contribution in [0, 0.1) is 6.92 Å². The highest BCUT2D eigenvalue weighted by Gasteiger charge is 2.27. The van der Waals surface area contributed by atoms with Crippen molar-refractivity contribution in [1.29, 1.82) is 0 Å². The highest BCUT2D eigenvalue weighted by atomic mass is 32.2. The van der Waals surface area contributed by atoms with Gasteiger partial charge in [-0.25, -0.2) is 8.42 Å². The van der Waals surface area contributed by atoms with Crippen molar-refractivity contribution in [2.75, 3.05) is 13.1 Å². The molecule has 0 atom stereocenters. The largest absolute Gasteiger partial charge is 0.462 e. The Morgan fingerprint density at radius 2 is 1.83 bits per heavy atom. The Balaban J connectivity index is 3.12. The quantitative estimate of drug-likeness (QED) is 0.825. The van der Waals surface area contributed by atoms with Gasteiger partial charge in [-0.2, -0.15) is 4.31 Å². The molecule has 5 nitrogen and oxygen atoms in total. The molecule has 0 aromatic carbocycles. The maximum absolute atomic E-state index is 12.4. The summed E-state index contributed by atoms with van der Waals surface area (Å²) in [4.78, 5) is 0.161. The predicted molar refractivity (Wildman–Crippen MR) is 68.7 cm³/mol. The average molecular weight is 275 g/mol. The van der Waals surface area contributed by atoms with E-state index in [9.17, 15) is 8.42 Å². The first-order valence-electron chi connectivity index (χ1n) is 6.17. The van der Waals surface area contributed by atoms with Gasteiger partial charge in [-0.3, -0.25) is 0 Å². The summed E-state index contributed by atoms with van der Waals surface area (Å²) in [5.41, 5.74) is 0. The van der Waals surface area contributed by atoms with E-state index in [0.29, 0.717) is 18.8 Å². The second-order valence-electron chi connectivity index (χ2n) is 4.20. The molecule has 0 aliphatic rings. The molecule has 1 aromatic heterocycles. The zero-order valence-electron chi connectivity index (χ0n) is 11.1. The molecule has 1 rings (SSSR count). The van der Waals surface area contributed by atoms with E-state index in [2.05, 4.69) is 0 Å². The molecule has 1 N–H and O–H groups in total. The van der Waals surface area contributed by atoms with Gasteiger partial charge in [0.05, 0.1) is 0 Å². The monoisotopic (exact) mass is 275 g/mol. The summed E-state index contributed by atoms with van der Waals surface area (Å²) in [6, 6.07) is 1.41. The predicted octanol–water partition coefficient (Wildman–Crippen LogP) is 1.89.